The van der Waals surface area contributed by atoms with Gasteiger partial charge in [0, 0.05) is 19.6 Å². The molecule has 1 aliphatic heterocycles. The molecule has 2 aromatic rings. The van der Waals surface area contributed by atoms with Gasteiger partial charge in [0.25, 0.3) is 0 Å². The van der Waals surface area contributed by atoms with Gasteiger partial charge < -0.3 is 14.8 Å². The maximum Gasteiger partial charge on any atom is 0.416 e. The van der Waals surface area contributed by atoms with Crippen molar-refractivity contribution in [1.82, 2.24) is 10.2 Å². The van der Waals surface area contributed by atoms with Crippen molar-refractivity contribution >= 4 is 0 Å². The number of alkyl halides is 3. The fourth-order valence-electron chi connectivity index (χ4n) is 3.83. The Labute approximate surface area is 176 Å². The van der Waals surface area contributed by atoms with Gasteiger partial charge in [0.05, 0.1) is 24.8 Å². The van der Waals surface area contributed by atoms with E-state index in [1.54, 1.807) is 12.1 Å². The second-order valence-electron chi connectivity index (χ2n) is 7.23. The summed E-state index contributed by atoms with van der Waals surface area (Å²) in [5.74, 6) is 1.33. The number of hydrogen-bond acceptors (Lipinski definition) is 4. The van der Waals surface area contributed by atoms with Crippen LogP contribution in [0, 0.1) is 0 Å². The third kappa shape index (κ3) is 5.46. The first kappa shape index (κ1) is 22.4. The molecule has 164 valence electrons. The van der Waals surface area contributed by atoms with E-state index in [-0.39, 0.29) is 6.04 Å². The Morgan fingerprint density at radius 3 is 2.23 bits per heavy atom. The molecule has 1 heterocycles. The molecule has 7 heteroatoms. The predicted molar refractivity (Wildman–Crippen MR) is 111 cm³/mol. The topological polar surface area (TPSA) is 33.7 Å². The van der Waals surface area contributed by atoms with Crippen molar-refractivity contribution in [3.63, 3.8) is 0 Å². The first-order chi connectivity index (χ1) is 14.4. The van der Waals surface area contributed by atoms with Gasteiger partial charge in [-0.15, -0.1) is 0 Å². The number of benzene rings is 2. The molecule has 0 aromatic heterocycles. The summed E-state index contributed by atoms with van der Waals surface area (Å²) >= 11 is 0. The molecule has 1 N–H and O–H groups in total. The number of halogens is 3. The maximum atomic E-state index is 13.1. The highest BCUT2D eigenvalue weighted by Gasteiger charge is 2.31. The molecule has 1 aliphatic rings. The van der Waals surface area contributed by atoms with Gasteiger partial charge in [-0.1, -0.05) is 18.2 Å². The molecule has 0 saturated carbocycles. The Kier molecular flexibility index (Phi) is 7.61. The quantitative estimate of drug-likeness (QED) is 0.689. The summed E-state index contributed by atoms with van der Waals surface area (Å²) in [4.78, 5) is 2.31. The maximum absolute atomic E-state index is 13.1. The molecule has 30 heavy (non-hydrogen) atoms. The van der Waals surface area contributed by atoms with Crippen molar-refractivity contribution in [2.45, 2.75) is 32.5 Å². The summed E-state index contributed by atoms with van der Waals surface area (Å²) in [6, 6.07) is 11.2. The molecule has 3 rings (SSSR count). The second-order valence-corrected chi connectivity index (χ2v) is 7.23. The lowest BCUT2D eigenvalue weighted by Crippen LogP contribution is -2.33. The lowest BCUT2D eigenvalue weighted by molar-refractivity contribution is -0.137. The highest BCUT2D eigenvalue weighted by atomic mass is 19.4. The van der Waals surface area contributed by atoms with E-state index in [0.29, 0.717) is 24.7 Å². The standard InChI is InChI=1S/C23H29F3N2O2/c1-3-29-20-11-8-18(16-21(20)30-4-2)22(28-14-5-12-27-13-15-28)17-6-9-19(10-7-17)23(24,25)26/h6-11,16,22,27H,3-5,12-15H2,1-2H3. The minimum atomic E-state index is -4.35. The van der Waals surface area contributed by atoms with Crippen LogP contribution >= 0.6 is 0 Å². The Hall–Kier alpha value is -2.25. The molecular weight excluding hydrogens is 393 g/mol. The van der Waals surface area contributed by atoms with Crippen LogP contribution in [0.2, 0.25) is 0 Å². The SMILES string of the molecule is CCOc1ccc(C(c2ccc(C(F)(F)F)cc2)N2CCCNCC2)cc1OCC. The van der Waals surface area contributed by atoms with Gasteiger partial charge in [-0.3, -0.25) is 4.90 Å². The molecule has 0 aliphatic carbocycles. The van der Waals surface area contributed by atoms with Gasteiger partial charge in [-0.05, 0) is 62.2 Å². The van der Waals surface area contributed by atoms with Crippen LogP contribution in [0.1, 0.15) is 43.0 Å². The summed E-state index contributed by atoms with van der Waals surface area (Å²) in [6.07, 6.45) is -3.37. The van der Waals surface area contributed by atoms with E-state index in [4.69, 9.17) is 9.47 Å². The summed E-state index contributed by atoms with van der Waals surface area (Å²) in [5.41, 5.74) is 1.17. The van der Waals surface area contributed by atoms with E-state index >= 15 is 0 Å². The number of nitrogens with one attached hydrogen (secondary N) is 1. The van der Waals surface area contributed by atoms with E-state index in [1.165, 1.54) is 0 Å². The van der Waals surface area contributed by atoms with E-state index < -0.39 is 11.7 Å². The minimum Gasteiger partial charge on any atom is -0.490 e. The van der Waals surface area contributed by atoms with Crippen LogP contribution in [-0.4, -0.2) is 44.3 Å². The Morgan fingerprint density at radius 1 is 0.900 bits per heavy atom. The Balaban J connectivity index is 2.02. The van der Waals surface area contributed by atoms with Crippen LogP contribution < -0.4 is 14.8 Å². The first-order valence-corrected chi connectivity index (χ1v) is 10.5. The zero-order valence-electron chi connectivity index (χ0n) is 17.5. The van der Waals surface area contributed by atoms with Gasteiger partial charge in [0.2, 0.25) is 0 Å². The largest absolute Gasteiger partial charge is 0.490 e. The molecular formula is C23H29F3N2O2. The van der Waals surface area contributed by atoms with Crippen molar-refractivity contribution in [3.05, 3.63) is 59.2 Å². The normalized spacial score (nSPS) is 16.7. The van der Waals surface area contributed by atoms with Crippen LogP contribution in [0.25, 0.3) is 0 Å². The lowest BCUT2D eigenvalue weighted by Gasteiger charge is -2.32. The molecule has 1 saturated heterocycles. The van der Waals surface area contributed by atoms with Crippen LogP contribution in [-0.2, 0) is 6.18 Å². The summed E-state index contributed by atoms with van der Waals surface area (Å²) in [5, 5.41) is 3.39. The van der Waals surface area contributed by atoms with Crippen molar-refractivity contribution in [2.75, 3.05) is 39.4 Å². The lowest BCUT2D eigenvalue weighted by atomic mass is 9.95. The van der Waals surface area contributed by atoms with E-state index in [2.05, 4.69) is 10.2 Å². The highest BCUT2D eigenvalue weighted by molar-refractivity contribution is 5.46. The minimum absolute atomic E-state index is 0.165. The average Bonchev–Trinajstić information content (AvgIpc) is 2.99. The first-order valence-electron chi connectivity index (χ1n) is 10.5. The molecule has 1 atom stereocenters. The monoisotopic (exact) mass is 422 g/mol. The van der Waals surface area contributed by atoms with Gasteiger partial charge >= 0.3 is 6.18 Å². The molecule has 0 amide bonds. The fraction of sp³-hybridized carbons (Fsp3) is 0.478. The van der Waals surface area contributed by atoms with Crippen LogP contribution in [0.15, 0.2) is 42.5 Å². The molecule has 0 radical (unpaired) electrons. The fourth-order valence-corrected chi connectivity index (χ4v) is 3.83. The summed E-state index contributed by atoms with van der Waals surface area (Å²) in [6.45, 7) is 8.30. The van der Waals surface area contributed by atoms with Gasteiger partial charge in [0.1, 0.15) is 0 Å². The predicted octanol–water partition coefficient (Wildman–Crippen LogP) is 4.89. The second kappa shape index (κ2) is 10.2. The third-order valence-electron chi connectivity index (χ3n) is 5.18. The van der Waals surface area contributed by atoms with Gasteiger partial charge in [0.15, 0.2) is 11.5 Å². The van der Waals surface area contributed by atoms with E-state index in [9.17, 15) is 13.2 Å². The zero-order valence-corrected chi connectivity index (χ0v) is 17.5. The van der Waals surface area contributed by atoms with Crippen LogP contribution in [0.3, 0.4) is 0 Å². The molecule has 4 nitrogen and oxygen atoms in total. The number of rotatable bonds is 7. The third-order valence-corrected chi connectivity index (χ3v) is 5.18. The number of hydrogen-bond donors (Lipinski definition) is 1. The van der Waals surface area contributed by atoms with Crippen molar-refractivity contribution < 1.29 is 22.6 Å². The highest BCUT2D eigenvalue weighted by Crippen LogP contribution is 2.37. The number of nitrogens with zero attached hydrogens (tertiary/aromatic N) is 1. The van der Waals surface area contributed by atoms with E-state index in [1.807, 2.05) is 32.0 Å². The summed E-state index contributed by atoms with van der Waals surface area (Å²) in [7, 11) is 0. The van der Waals surface area contributed by atoms with Gasteiger partial charge in [-0.25, -0.2) is 0 Å². The van der Waals surface area contributed by atoms with E-state index in [0.717, 1.165) is 55.9 Å². The van der Waals surface area contributed by atoms with Crippen molar-refractivity contribution in [1.29, 1.82) is 0 Å². The molecule has 0 bridgehead atoms. The molecule has 2 aromatic carbocycles. The Morgan fingerprint density at radius 2 is 1.57 bits per heavy atom. The molecule has 0 spiro atoms. The van der Waals surface area contributed by atoms with Crippen LogP contribution in [0.5, 0.6) is 11.5 Å². The summed E-state index contributed by atoms with van der Waals surface area (Å²) < 4.78 is 50.6. The average molecular weight is 422 g/mol. The zero-order chi connectivity index (χ0) is 21.6. The molecule has 1 unspecified atom stereocenters. The van der Waals surface area contributed by atoms with Crippen LogP contribution in [0.4, 0.5) is 13.2 Å². The molecule has 1 fully saturated rings. The van der Waals surface area contributed by atoms with Crippen molar-refractivity contribution in [3.8, 4) is 11.5 Å². The number of ether oxygens (including phenoxy) is 2. The van der Waals surface area contributed by atoms with Gasteiger partial charge in [-0.2, -0.15) is 13.2 Å². The van der Waals surface area contributed by atoms with Crippen molar-refractivity contribution in [2.24, 2.45) is 0 Å². The smallest absolute Gasteiger partial charge is 0.416 e. The Bertz CT molecular complexity index is 801.